The molecule has 1 aromatic heterocycles. The van der Waals surface area contributed by atoms with Gasteiger partial charge in [0.2, 0.25) is 5.82 Å². The summed E-state index contributed by atoms with van der Waals surface area (Å²) >= 11 is 0. The second-order valence-corrected chi connectivity index (χ2v) is 5.81. The maximum atomic E-state index is 12.5. The van der Waals surface area contributed by atoms with Crippen molar-refractivity contribution >= 4 is 6.03 Å². The van der Waals surface area contributed by atoms with Gasteiger partial charge in [0, 0.05) is 26.1 Å². The van der Waals surface area contributed by atoms with E-state index in [-0.39, 0.29) is 19.3 Å². The van der Waals surface area contributed by atoms with E-state index in [0.717, 1.165) is 18.4 Å². The Hall–Kier alpha value is -2.58. The Balaban J connectivity index is 0.00000243. The van der Waals surface area contributed by atoms with Crippen LogP contribution in [0.15, 0.2) is 28.8 Å². The molecule has 0 aliphatic heterocycles. The number of benzene rings is 1. The number of aromatic nitrogens is 2. The third-order valence-corrected chi connectivity index (χ3v) is 3.81. The van der Waals surface area contributed by atoms with Crippen molar-refractivity contribution in [2.75, 3.05) is 6.54 Å². The number of nitrogens with one attached hydrogen (secondary N) is 1. The van der Waals surface area contributed by atoms with Gasteiger partial charge in [-0.2, -0.15) is 18.2 Å². The zero-order chi connectivity index (χ0) is 18.0. The highest BCUT2D eigenvalue weighted by atomic mass is 19.4. The van der Waals surface area contributed by atoms with Gasteiger partial charge < -0.3 is 14.7 Å². The number of carbonyl (C=O) groups excluding carboxylic acids is 1. The Morgan fingerprint density at radius 3 is 2.56 bits per heavy atom. The Bertz CT molecular complexity index is 745. The molecule has 9 heteroatoms. The quantitative estimate of drug-likeness (QED) is 0.887. The van der Waals surface area contributed by atoms with Crippen LogP contribution in [0.3, 0.4) is 0 Å². The number of carbonyl (C=O) groups is 1. The molecule has 0 radical (unpaired) electrons. The summed E-state index contributed by atoms with van der Waals surface area (Å²) in [6.45, 7) is 2.86. The number of rotatable bonds is 5. The normalized spacial score (nSPS) is 14.4. The molecular formula is C16H19F3N4O2. The van der Waals surface area contributed by atoms with E-state index in [4.69, 9.17) is 0 Å². The molecule has 2 amide bonds. The van der Waals surface area contributed by atoms with Gasteiger partial charge in [-0.25, -0.2) is 4.79 Å². The van der Waals surface area contributed by atoms with E-state index < -0.39 is 12.1 Å². The van der Waals surface area contributed by atoms with Crippen LogP contribution in [0, 0.1) is 0 Å². The second-order valence-electron chi connectivity index (χ2n) is 5.81. The number of alkyl halides is 3. The number of halogens is 3. The van der Waals surface area contributed by atoms with E-state index in [9.17, 15) is 18.0 Å². The lowest BCUT2D eigenvalue weighted by atomic mass is 10.1. The van der Waals surface area contributed by atoms with E-state index in [1.54, 1.807) is 29.2 Å². The average molecular weight is 356 g/mol. The lowest BCUT2D eigenvalue weighted by molar-refractivity contribution is -0.159. The van der Waals surface area contributed by atoms with Crippen molar-refractivity contribution in [3.8, 4) is 11.4 Å². The molecule has 1 aliphatic carbocycles. The summed E-state index contributed by atoms with van der Waals surface area (Å²) in [6, 6.07) is 6.85. The lowest BCUT2D eigenvalue weighted by Gasteiger charge is -2.22. The first kappa shape index (κ1) is 17.2. The van der Waals surface area contributed by atoms with Gasteiger partial charge in [-0.1, -0.05) is 29.4 Å². The van der Waals surface area contributed by atoms with E-state index in [2.05, 4.69) is 20.0 Å². The van der Waals surface area contributed by atoms with E-state index in [0.29, 0.717) is 18.7 Å². The van der Waals surface area contributed by atoms with Gasteiger partial charge in [0.1, 0.15) is 0 Å². The SMILES string of the molecule is CCNC(=O)N(Cc1ccc(-c2noc(C(F)(F)F)n2)cc1)C1CC1.[HH]. The smallest absolute Gasteiger partial charge is 0.338 e. The molecule has 0 spiro atoms. The molecule has 1 heterocycles. The van der Waals surface area contributed by atoms with Crippen LogP contribution in [0.4, 0.5) is 18.0 Å². The van der Waals surface area contributed by atoms with E-state index in [1.165, 1.54) is 0 Å². The van der Waals surface area contributed by atoms with Crippen molar-refractivity contribution in [3.63, 3.8) is 0 Å². The number of hydrogen-bond donors (Lipinski definition) is 1. The van der Waals surface area contributed by atoms with Crippen LogP contribution >= 0.6 is 0 Å². The van der Waals surface area contributed by atoms with Crippen molar-refractivity contribution in [1.82, 2.24) is 20.4 Å². The molecule has 1 aliphatic rings. The monoisotopic (exact) mass is 356 g/mol. The first-order valence-corrected chi connectivity index (χ1v) is 7.93. The van der Waals surface area contributed by atoms with Gasteiger partial charge in [-0.05, 0) is 25.3 Å². The van der Waals surface area contributed by atoms with Gasteiger partial charge in [0.25, 0.3) is 0 Å². The Morgan fingerprint density at radius 1 is 1.36 bits per heavy atom. The van der Waals surface area contributed by atoms with Crippen LogP contribution in [0.1, 0.15) is 32.6 Å². The minimum atomic E-state index is -4.66. The van der Waals surface area contributed by atoms with Crippen LogP contribution in [0.5, 0.6) is 0 Å². The minimum Gasteiger partial charge on any atom is -0.338 e. The summed E-state index contributed by atoms with van der Waals surface area (Å²) in [6.07, 6.45) is -2.70. The molecule has 2 aromatic rings. The maximum Gasteiger partial charge on any atom is 0.471 e. The summed E-state index contributed by atoms with van der Waals surface area (Å²) in [4.78, 5) is 17.2. The molecule has 25 heavy (non-hydrogen) atoms. The molecular weight excluding hydrogens is 337 g/mol. The summed E-state index contributed by atoms with van der Waals surface area (Å²) in [5.41, 5.74) is 1.29. The van der Waals surface area contributed by atoms with Crippen molar-refractivity contribution in [2.45, 2.75) is 38.5 Å². The van der Waals surface area contributed by atoms with Gasteiger partial charge in [-0.3, -0.25) is 0 Å². The van der Waals surface area contributed by atoms with Crippen LogP contribution in [0.25, 0.3) is 11.4 Å². The summed E-state index contributed by atoms with van der Waals surface area (Å²) in [5, 5.41) is 6.14. The van der Waals surface area contributed by atoms with Crippen LogP contribution in [0.2, 0.25) is 0 Å². The topological polar surface area (TPSA) is 71.3 Å². The third-order valence-electron chi connectivity index (χ3n) is 3.81. The molecule has 0 bridgehead atoms. The first-order valence-electron chi connectivity index (χ1n) is 7.93. The lowest BCUT2D eigenvalue weighted by Crippen LogP contribution is -2.40. The number of urea groups is 1. The Kier molecular flexibility index (Phi) is 4.65. The van der Waals surface area contributed by atoms with Crippen LogP contribution < -0.4 is 5.32 Å². The Labute approximate surface area is 143 Å². The van der Waals surface area contributed by atoms with Gasteiger partial charge >= 0.3 is 18.1 Å². The van der Waals surface area contributed by atoms with Gasteiger partial charge in [-0.15, -0.1) is 0 Å². The highest BCUT2D eigenvalue weighted by molar-refractivity contribution is 5.74. The fourth-order valence-electron chi connectivity index (χ4n) is 2.42. The molecule has 136 valence electrons. The molecule has 1 N–H and O–H groups in total. The van der Waals surface area contributed by atoms with Crippen LogP contribution in [-0.2, 0) is 12.7 Å². The molecule has 1 aromatic carbocycles. The van der Waals surface area contributed by atoms with Crippen molar-refractivity contribution in [1.29, 1.82) is 0 Å². The summed E-state index contributed by atoms with van der Waals surface area (Å²) < 4.78 is 41.7. The zero-order valence-electron chi connectivity index (χ0n) is 13.5. The molecule has 1 fully saturated rings. The predicted octanol–water partition coefficient (Wildman–Crippen LogP) is 3.70. The third kappa shape index (κ3) is 4.09. The minimum absolute atomic E-state index is 0. The zero-order valence-corrected chi connectivity index (χ0v) is 13.5. The molecule has 3 rings (SSSR count). The fraction of sp³-hybridized carbons (Fsp3) is 0.438. The number of nitrogens with zero attached hydrogens (tertiary/aromatic N) is 3. The standard InChI is InChI=1S/C16H17F3N4O2.H2/c1-2-20-15(24)23(12-7-8-12)9-10-3-5-11(6-4-10)13-21-14(25-22-13)16(17,18)19;/h3-6,12H,2,7-9H2,1H3,(H,20,24);1H. The van der Waals surface area contributed by atoms with Crippen LogP contribution in [-0.4, -0.2) is 33.7 Å². The highest BCUT2D eigenvalue weighted by Gasteiger charge is 2.38. The molecule has 1 saturated carbocycles. The fourth-order valence-corrected chi connectivity index (χ4v) is 2.42. The number of hydrogen-bond acceptors (Lipinski definition) is 4. The maximum absolute atomic E-state index is 12.5. The second kappa shape index (κ2) is 6.73. The largest absolute Gasteiger partial charge is 0.471 e. The molecule has 0 atom stereocenters. The van der Waals surface area contributed by atoms with Crippen molar-refractivity contribution in [2.24, 2.45) is 0 Å². The van der Waals surface area contributed by atoms with E-state index >= 15 is 0 Å². The van der Waals surface area contributed by atoms with Crippen molar-refractivity contribution < 1.29 is 23.9 Å². The molecule has 6 nitrogen and oxygen atoms in total. The summed E-state index contributed by atoms with van der Waals surface area (Å²) in [7, 11) is 0. The van der Waals surface area contributed by atoms with Gasteiger partial charge in [0.05, 0.1) is 0 Å². The number of amides is 2. The predicted molar refractivity (Wildman–Crippen MR) is 84.5 cm³/mol. The summed E-state index contributed by atoms with van der Waals surface area (Å²) in [5.74, 6) is -1.50. The van der Waals surface area contributed by atoms with Gasteiger partial charge in [0.15, 0.2) is 0 Å². The average Bonchev–Trinajstić information content (AvgIpc) is 3.27. The first-order chi connectivity index (χ1) is 11.9. The molecule has 0 saturated heterocycles. The van der Waals surface area contributed by atoms with E-state index in [1.807, 2.05) is 6.92 Å². The highest BCUT2D eigenvalue weighted by Crippen LogP contribution is 2.30. The van der Waals surface area contributed by atoms with Crippen molar-refractivity contribution in [3.05, 3.63) is 35.7 Å². The Morgan fingerprint density at radius 2 is 2.04 bits per heavy atom. The molecule has 0 unspecified atom stereocenters.